The first-order valence-electron chi connectivity index (χ1n) is 18.3. The minimum absolute atomic E-state index is 0.0280. The van der Waals surface area contributed by atoms with Gasteiger partial charge in [-0.05, 0) is 73.0 Å². The van der Waals surface area contributed by atoms with Crippen molar-refractivity contribution in [1.29, 1.82) is 0 Å². The summed E-state index contributed by atoms with van der Waals surface area (Å²) in [5.74, 6) is 1.41. The first kappa shape index (κ1) is 32.0. The summed E-state index contributed by atoms with van der Waals surface area (Å²) >= 11 is 0. The van der Waals surface area contributed by atoms with Gasteiger partial charge in [0.15, 0.2) is 0 Å². The van der Waals surface area contributed by atoms with Gasteiger partial charge >= 0.3 is 0 Å². The molecule has 12 unspecified atom stereocenters. The lowest BCUT2D eigenvalue weighted by atomic mass is 9.59. The van der Waals surface area contributed by atoms with E-state index in [1.165, 1.54) is 0 Å². The van der Waals surface area contributed by atoms with Crippen LogP contribution >= 0.6 is 0 Å². The third kappa shape index (κ3) is 6.27. The molecule has 8 N–H and O–H groups in total. The van der Waals surface area contributed by atoms with Gasteiger partial charge in [-0.1, -0.05) is 0 Å². The number of nitrogens with two attached hydrogens (primary N) is 4. The monoisotopic (exact) mass is 682 g/mol. The average molecular weight is 683 g/mol. The van der Waals surface area contributed by atoms with Gasteiger partial charge in [0.05, 0.1) is 124 Å². The van der Waals surface area contributed by atoms with E-state index in [4.69, 9.17) is 65.6 Å². The number of hydrogen-bond donors (Lipinski definition) is 4. The average Bonchev–Trinajstić information content (AvgIpc) is 3.80. The smallest absolute Gasteiger partial charge is 0.128 e. The largest absolute Gasteiger partial charge is 0.457 e. The van der Waals surface area contributed by atoms with Crippen LogP contribution in [0.25, 0.3) is 0 Å². The Morgan fingerprint density at radius 2 is 0.694 bits per heavy atom. The van der Waals surface area contributed by atoms with Gasteiger partial charge < -0.3 is 65.6 Å². The Morgan fingerprint density at radius 3 is 0.980 bits per heavy atom. The highest BCUT2D eigenvalue weighted by molar-refractivity contribution is 5.54. The zero-order chi connectivity index (χ0) is 33.2. The van der Waals surface area contributed by atoms with E-state index in [0.717, 1.165) is 22.3 Å². The molecule has 8 saturated heterocycles. The Balaban J connectivity index is 1.12. The Bertz CT molecular complexity index is 1390. The molecule has 13 nitrogen and oxygen atoms in total. The Morgan fingerprint density at radius 1 is 0.429 bits per heavy atom. The summed E-state index contributed by atoms with van der Waals surface area (Å²) in [5, 5.41) is 0. The molecule has 49 heavy (non-hydrogen) atoms. The van der Waals surface area contributed by atoms with Gasteiger partial charge in [0.25, 0.3) is 0 Å². The fourth-order valence-corrected chi connectivity index (χ4v) is 8.75. The van der Waals surface area contributed by atoms with Gasteiger partial charge in [0, 0.05) is 12.8 Å². The number of ether oxygens (including phenoxy) is 9. The van der Waals surface area contributed by atoms with E-state index in [0.29, 0.717) is 116 Å². The second-order valence-corrected chi connectivity index (χ2v) is 16.3. The molecule has 268 valence electrons. The molecule has 0 spiro atoms. The predicted molar refractivity (Wildman–Crippen MR) is 174 cm³/mol. The standard InChI is InChI=1S/C36H50N4O9/c37-33(7-25-15-45-25)19(1-21-11-41-21)3-31(29(5-23-13-43-23)35(33,39)9-27-17-47-27)49-32-4-20(2-22-12-42-22)34(38,8-26-16-46-26)36(40,10-28-18-48-28)30(32)6-24-14-44-24/h3-4,21-28H,1-2,5-18,37-40H2. The lowest BCUT2D eigenvalue weighted by Crippen LogP contribution is -2.70. The van der Waals surface area contributed by atoms with Crippen LogP contribution in [0.2, 0.25) is 0 Å². The lowest BCUT2D eigenvalue weighted by molar-refractivity contribution is 0.175. The SMILES string of the molecule is NC1(CC2CO2)C(CC2CO2)=CC(OC2=C(CC3CO3)C(N)(CC3CO3)C(N)(CC3CO3)C(CC3CO3)=C2)=C(CC2CO2)C1(N)CC1CO1. The summed E-state index contributed by atoms with van der Waals surface area (Å²) in [4.78, 5) is 0. The maximum atomic E-state index is 7.74. The lowest BCUT2D eigenvalue weighted by Gasteiger charge is -2.53. The number of allylic oxidation sites excluding steroid dienone is 2. The summed E-state index contributed by atoms with van der Waals surface area (Å²) in [6.07, 6.45) is 9.69. The molecule has 12 atom stereocenters. The van der Waals surface area contributed by atoms with Crippen molar-refractivity contribution < 1.29 is 42.6 Å². The second-order valence-electron chi connectivity index (χ2n) is 16.3. The van der Waals surface area contributed by atoms with Crippen molar-refractivity contribution in [3.8, 4) is 0 Å². The summed E-state index contributed by atoms with van der Waals surface area (Å²) < 4.78 is 53.7. The summed E-state index contributed by atoms with van der Waals surface area (Å²) in [6, 6.07) is 0. The first-order chi connectivity index (χ1) is 23.6. The van der Waals surface area contributed by atoms with Crippen molar-refractivity contribution in [1.82, 2.24) is 0 Å². The predicted octanol–water partition coefficient (Wildman–Crippen LogP) is 0.492. The zero-order valence-corrected chi connectivity index (χ0v) is 28.1. The topological polar surface area (TPSA) is 214 Å². The molecule has 0 aromatic heterocycles. The summed E-state index contributed by atoms with van der Waals surface area (Å²) in [5.41, 5.74) is 30.9. The molecule has 0 aromatic rings. The molecule has 8 fully saturated rings. The van der Waals surface area contributed by atoms with Crippen LogP contribution in [0.4, 0.5) is 0 Å². The van der Waals surface area contributed by atoms with Crippen molar-refractivity contribution in [3.63, 3.8) is 0 Å². The third-order valence-corrected chi connectivity index (χ3v) is 12.4. The Hall–Kier alpha value is -1.72. The normalized spacial score (nSPS) is 48.6. The van der Waals surface area contributed by atoms with Gasteiger partial charge in [0.1, 0.15) is 11.5 Å². The van der Waals surface area contributed by atoms with Crippen molar-refractivity contribution >= 4 is 0 Å². The van der Waals surface area contributed by atoms with Gasteiger partial charge in [0.2, 0.25) is 0 Å². The van der Waals surface area contributed by atoms with Gasteiger partial charge in [-0.15, -0.1) is 0 Å². The van der Waals surface area contributed by atoms with Gasteiger partial charge in [-0.3, -0.25) is 0 Å². The molecule has 10 rings (SSSR count). The molecule has 8 heterocycles. The number of rotatable bonds is 18. The maximum Gasteiger partial charge on any atom is 0.128 e. The van der Waals surface area contributed by atoms with Gasteiger partial charge in [-0.2, -0.15) is 0 Å². The van der Waals surface area contributed by atoms with Crippen molar-refractivity contribution in [3.05, 3.63) is 46.0 Å². The minimum Gasteiger partial charge on any atom is -0.457 e. The molecule has 10 aliphatic rings. The molecule has 0 aromatic carbocycles. The van der Waals surface area contributed by atoms with Crippen LogP contribution in [0.3, 0.4) is 0 Å². The molecule has 2 aliphatic carbocycles. The van der Waals surface area contributed by atoms with Gasteiger partial charge in [-0.25, -0.2) is 0 Å². The van der Waals surface area contributed by atoms with Crippen LogP contribution in [0.5, 0.6) is 0 Å². The highest BCUT2D eigenvalue weighted by Crippen LogP contribution is 2.54. The van der Waals surface area contributed by atoms with Crippen LogP contribution in [0, 0.1) is 0 Å². The van der Waals surface area contributed by atoms with Crippen molar-refractivity contribution in [2.24, 2.45) is 22.9 Å². The molecular weight excluding hydrogens is 632 g/mol. The Labute approximate surface area is 286 Å². The van der Waals surface area contributed by atoms with E-state index in [2.05, 4.69) is 12.2 Å². The summed E-state index contributed by atoms with van der Waals surface area (Å²) in [6.45, 7) is 5.45. The van der Waals surface area contributed by atoms with E-state index in [1.807, 2.05) is 0 Å². The molecule has 0 bridgehead atoms. The quantitative estimate of drug-likeness (QED) is 0.145. The molecule has 0 saturated carbocycles. The molecule has 0 radical (unpaired) electrons. The second kappa shape index (κ2) is 11.4. The van der Waals surface area contributed by atoms with Crippen LogP contribution in [0.15, 0.2) is 46.0 Å². The molecular formula is C36H50N4O9. The van der Waals surface area contributed by atoms with E-state index in [9.17, 15) is 0 Å². The minimum atomic E-state index is -0.966. The zero-order valence-electron chi connectivity index (χ0n) is 28.1. The van der Waals surface area contributed by atoms with Crippen LogP contribution in [-0.4, -0.2) is 124 Å². The molecule has 8 aliphatic heterocycles. The highest BCUT2D eigenvalue weighted by atomic mass is 16.6. The number of epoxide rings is 8. The highest BCUT2D eigenvalue weighted by Gasteiger charge is 2.61. The molecule has 13 heteroatoms. The maximum absolute atomic E-state index is 7.74. The van der Waals surface area contributed by atoms with E-state index in [1.54, 1.807) is 0 Å². The van der Waals surface area contributed by atoms with E-state index < -0.39 is 22.2 Å². The van der Waals surface area contributed by atoms with Crippen molar-refractivity contribution in [2.45, 2.75) is 122 Å². The van der Waals surface area contributed by atoms with Crippen LogP contribution in [0.1, 0.15) is 51.4 Å². The number of hydrogen-bond acceptors (Lipinski definition) is 13. The van der Waals surface area contributed by atoms with Crippen LogP contribution in [-0.2, 0) is 42.6 Å². The fourth-order valence-electron chi connectivity index (χ4n) is 8.75. The van der Waals surface area contributed by atoms with E-state index >= 15 is 0 Å². The van der Waals surface area contributed by atoms with Crippen molar-refractivity contribution in [2.75, 3.05) is 52.9 Å². The third-order valence-electron chi connectivity index (χ3n) is 12.4. The first-order valence-corrected chi connectivity index (χ1v) is 18.3. The fraction of sp³-hybridized carbons (Fsp3) is 0.778. The van der Waals surface area contributed by atoms with Crippen LogP contribution < -0.4 is 22.9 Å². The van der Waals surface area contributed by atoms with E-state index in [-0.39, 0.29) is 48.8 Å². The Kier molecular flexibility index (Phi) is 7.43. The molecule has 0 amide bonds. The summed E-state index contributed by atoms with van der Waals surface area (Å²) in [7, 11) is 0.